The van der Waals surface area contributed by atoms with E-state index >= 15 is 0 Å². The highest BCUT2D eigenvalue weighted by Gasteiger charge is 2.20. The number of para-hydroxylation sites is 3. The number of anilines is 3. The Labute approximate surface area is 341 Å². The SMILES string of the molecule is c1cc(-c2ccc3ccccc3c2)cc(N(c2ccc(-n3c4ccccc4c4ccccc43)cc2)c2ccccc2-c2ccc3oc4c5ccccc5ccc4c3c2)c1. The molecular formula is C56H36N2O. The van der Waals surface area contributed by atoms with E-state index in [1.165, 1.54) is 43.5 Å². The summed E-state index contributed by atoms with van der Waals surface area (Å²) >= 11 is 0. The van der Waals surface area contributed by atoms with Gasteiger partial charge in [0.15, 0.2) is 0 Å². The zero-order valence-corrected chi connectivity index (χ0v) is 32.1. The Morgan fingerprint density at radius 1 is 0.356 bits per heavy atom. The van der Waals surface area contributed by atoms with Gasteiger partial charge in [-0.2, -0.15) is 0 Å². The number of rotatable bonds is 6. The average molecular weight is 753 g/mol. The molecule has 0 atom stereocenters. The van der Waals surface area contributed by atoms with Gasteiger partial charge >= 0.3 is 0 Å². The lowest BCUT2D eigenvalue weighted by Gasteiger charge is -2.28. The van der Waals surface area contributed by atoms with Gasteiger partial charge in [-0.05, 0) is 112 Å². The maximum absolute atomic E-state index is 6.54. The Hall–Kier alpha value is -7.88. The van der Waals surface area contributed by atoms with E-state index in [1.807, 2.05) is 0 Å². The first-order valence-electron chi connectivity index (χ1n) is 20.2. The van der Waals surface area contributed by atoms with Crippen molar-refractivity contribution in [2.24, 2.45) is 0 Å². The number of benzene rings is 10. The number of hydrogen-bond donors (Lipinski definition) is 0. The molecule has 0 unspecified atom stereocenters. The summed E-state index contributed by atoms with van der Waals surface area (Å²) in [4.78, 5) is 2.40. The van der Waals surface area contributed by atoms with Gasteiger partial charge in [0.1, 0.15) is 11.2 Å². The standard InChI is InChI=1S/C56H36N2O/c1-2-14-39-34-41(25-24-37(39)12-1)40-15-11-16-45(35-40)57(43-28-30-44(31-29-43)58-53-22-9-6-19-48(53)49-20-7-10-23-54(49)58)52-21-8-5-17-46(52)42-27-33-55-51(36-42)50-32-26-38-13-3-4-18-47(38)56(50)59-55/h1-36H. The van der Waals surface area contributed by atoms with Gasteiger partial charge in [0.25, 0.3) is 0 Å². The van der Waals surface area contributed by atoms with Gasteiger partial charge in [0, 0.05) is 49.6 Å². The van der Waals surface area contributed by atoms with Crippen LogP contribution in [0, 0.1) is 0 Å². The molecule has 0 radical (unpaired) electrons. The van der Waals surface area contributed by atoms with Crippen LogP contribution in [0.1, 0.15) is 0 Å². The highest BCUT2D eigenvalue weighted by Crippen LogP contribution is 2.44. The fraction of sp³-hybridized carbons (Fsp3) is 0. The van der Waals surface area contributed by atoms with Crippen LogP contribution in [-0.2, 0) is 0 Å². The van der Waals surface area contributed by atoms with E-state index in [4.69, 9.17) is 4.42 Å². The van der Waals surface area contributed by atoms with Gasteiger partial charge in [-0.15, -0.1) is 0 Å². The Morgan fingerprint density at radius 3 is 1.81 bits per heavy atom. The molecule has 0 N–H and O–H groups in total. The van der Waals surface area contributed by atoms with E-state index in [1.54, 1.807) is 0 Å². The second-order valence-corrected chi connectivity index (χ2v) is 15.3. The predicted octanol–water partition coefficient (Wildman–Crippen LogP) is 15.8. The summed E-state index contributed by atoms with van der Waals surface area (Å²) in [7, 11) is 0. The summed E-state index contributed by atoms with van der Waals surface area (Å²) < 4.78 is 8.91. The van der Waals surface area contributed by atoms with E-state index in [9.17, 15) is 0 Å². The van der Waals surface area contributed by atoms with Gasteiger partial charge in [-0.25, -0.2) is 0 Å². The third kappa shape index (κ3) is 5.44. The number of hydrogen-bond acceptors (Lipinski definition) is 2. The summed E-state index contributed by atoms with van der Waals surface area (Å²) in [6.45, 7) is 0. The largest absolute Gasteiger partial charge is 0.455 e. The molecule has 0 aliphatic rings. The molecule has 0 fully saturated rings. The number of nitrogens with zero attached hydrogens (tertiary/aromatic N) is 2. The quantitative estimate of drug-likeness (QED) is 0.169. The van der Waals surface area contributed by atoms with Crippen molar-refractivity contribution in [1.82, 2.24) is 4.57 Å². The first kappa shape index (κ1) is 33.3. The summed E-state index contributed by atoms with van der Waals surface area (Å²) in [6.07, 6.45) is 0. The molecule has 3 nitrogen and oxygen atoms in total. The van der Waals surface area contributed by atoms with Crippen molar-refractivity contribution < 1.29 is 4.42 Å². The Bertz CT molecular complexity index is 3520. The van der Waals surface area contributed by atoms with Crippen LogP contribution in [0.4, 0.5) is 17.1 Å². The van der Waals surface area contributed by atoms with Crippen LogP contribution >= 0.6 is 0 Å². The Kier molecular flexibility index (Phi) is 7.54. The molecule has 0 aliphatic heterocycles. The summed E-state index contributed by atoms with van der Waals surface area (Å²) in [5.41, 5.74) is 13.2. The van der Waals surface area contributed by atoms with Gasteiger partial charge in [-0.1, -0.05) is 140 Å². The molecule has 12 aromatic rings. The van der Waals surface area contributed by atoms with Crippen molar-refractivity contribution in [1.29, 1.82) is 0 Å². The molecule has 2 heterocycles. The molecule has 0 aliphatic carbocycles. The van der Waals surface area contributed by atoms with Crippen LogP contribution in [0.5, 0.6) is 0 Å². The van der Waals surface area contributed by atoms with E-state index in [0.29, 0.717) is 0 Å². The average Bonchev–Trinajstić information content (AvgIpc) is 3.85. The smallest absolute Gasteiger partial charge is 0.143 e. The van der Waals surface area contributed by atoms with Crippen molar-refractivity contribution in [3.05, 3.63) is 218 Å². The minimum absolute atomic E-state index is 0.887. The van der Waals surface area contributed by atoms with Crippen molar-refractivity contribution >= 4 is 82.4 Å². The summed E-state index contributed by atoms with van der Waals surface area (Å²) in [6, 6.07) is 78.8. The lowest BCUT2D eigenvalue weighted by molar-refractivity contribution is 0.672. The predicted molar refractivity (Wildman–Crippen MR) is 249 cm³/mol. The van der Waals surface area contributed by atoms with Gasteiger partial charge < -0.3 is 13.9 Å². The topological polar surface area (TPSA) is 21.3 Å². The molecular weight excluding hydrogens is 717 g/mol. The molecule has 3 heteroatoms. The molecule has 0 amide bonds. The lowest BCUT2D eigenvalue weighted by atomic mass is 9.98. The molecule has 2 aromatic heterocycles. The van der Waals surface area contributed by atoms with E-state index in [2.05, 4.69) is 228 Å². The Balaban J connectivity index is 1.04. The third-order valence-electron chi connectivity index (χ3n) is 12.0. The first-order valence-corrected chi connectivity index (χ1v) is 20.2. The minimum atomic E-state index is 0.887. The van der Waals surface area contributed by atoms with Crippen LogP contribution in [0.25, 0.3) is 93.2 Å². The van der Waals surface area contributed by atoms with Crippen LogP contribution in [0.2, 0.25) is 0 Å². The zero-order chi connectivity index (χ0) is 38.9. The highest BCUT2D eigenvalue weighted by molar-refractivity contribution is 6.16. The molecule has 0 saturated heterocycles. The van der Waals surface area contributed by atoms with Crippen LogP contribution in [0.15, 0.2) is 223 Å². The van der Waals surface area contributed by atoms with Crippen LogP contribution < -0.4 is 4.90 Å². The molecule has 0 spiro atoms. The van der Waals surface area contributed by atoms with Crippen LogP contribution in [-0.4, -0.2) is 4.57 Å². The van der Waals surface area contributed by atoms with Crippen molar-refractivity contribution in [3.63, 3.8) is 0 Å². The maximum atomic E-state index is 6.54. The lowest BCUT2D eigenvalue weighted by Crippen LogP contribution is -2.11. The van der Waals surface area contributed by atoms with Gasteiger partial charge in [-0.3, -0.25) is 0 Å². The molecule has 59 heavy (non-hydrogen) atoms. The molecule has 12 rings (SSSR count). The van der Waals surface area contributed by atoms with Gasteiger partial charge in [0.05, 0.1) is 16.7 Å². The summed E-state index contributed by atoms with van der Waals surface area (Å²) in [5, 5.41) is 9.51. The Morgan fingerprint density at radius 2 is 1.00 bits per heavy atom. The third-order valence-corrected chi connectivity index (χ3v) is 12.0. The second-order valence-electron chi connectivity index (χ2n) is 15.3. The van der Waals surface area contributed by atoms with Gasteiger partial charge in [0.2, 0.25) is 0 Å². The molecule has 0 bridgehead atoms. The minimum Gasteiger partial charge on any atom is -0.455 e. The molecule has 276 valence electrons. The highest BCUT2D eigenvalue weighted by atomic mass is 16.3. The molecule has 10 aromatic carbocycles. The zero-order valence-electron chi connectivity index (χ0n) is 32.1. The molecule has 0 saturated carbocycles. The van der Waals surface area contributed by atoms with E-state index < -0.39 is 0 Å². The monoisotopic (exact) mass is 752 g/mol. The second kappa shape index (κ2) is 13.4. The van der Waals surface area contributed by atoms with Crippen molar-refractivity contribution in [3.8, 4) is 27.9 Å². The first-order chi connectivity index (χ1) is 29.2. The normalized spacial score (nSPS) is 11.7. The van der Waals surface area contributed by atoms with E-state index in [-0.39, 0.29) is 0 Å². The maximum Gasteiger partial charge on any atom is 0.143 e. The fourth-order valence-corrected chi connectivity index (χ4v) is 9.16. The number of furan rings is 1. The van der Waals surface area contributed by atoms with Crippen molar-refractivity contribution in [2.45, 2.75) is 0 Å². The van der Waals surface area contributed by atoms with Crippen molar-refractivity contribution in [2.75, 3.05) is 4.90 Å². The number of aromatic nitrogens is 1. The van der Waals surface area contributed by atoms with E-state index in [0.717, 1.165) is 66.8 Å². The fourth-order valence-electron chi connectivity index (χ4n) is 9.16. The summed E-state index contributed by atoms with van der Waals surface area (Å²) in [5.74, 6) is 0. The van der Waals surface area contributed by atoms with Crippen LogP contribution in [0.3, 0.4) is 0 Å². The number of fused-ring (bicyclic) bond motifs is 9.